The first-order chi connectivity index (χ1) is 7.54. The summed E-state index contributed by atoms with van der Waals surface area (Å²) in [5.41, 5.74) is 8.08. The van der Waals surface area contributed by atoms with Crippen molar-refractivity contribution in [1.82, 2.24) is 9.78 Å². The van der Waals surface area contributed by atoms with Gasteiger partial charge in [0.1, 0.15) is 5.82 Å². The molecule has 1 aromatic rings. The molecule has 90 valence electrons. The zero-order valence-corrected chi connectivity index (χ0v) is 10.7. The van der Waals surface area contributed by atoms with Gasteiger partial charge in [0.15, 0.2) is 0 Å². The molecule has 0 aromatic carbocycles. The van der Waals surface area contributed by atoms with Crippen LogP contribution in [-0.4, -0.2) is 22.9 Å². The molecule has 2 heterocycles. The maximum atomic E-state index is 5.82. The van der Waals surface area contributed by atoms with Gasteiger partial charge in [-0.15, -0.1) is 0 Å². The second-order valence-corrected chi connectivity index (χ2v) is 5.07. The Bertz CT molecular complexity index is 373. The molecule has 2 N–H and O–H groups in total. The van der Waals surface area contributed by atoms with Gasteiger partial charge in [0.05, 0.1) is 5.69 Å². The minimum absolute atomic E-state index is 0.578. The van der Waals surface area contributed by atoms with Crippen molar-refractivity contribution >= 4 is 5.82 Å². The van der Waals surface area contributed by atoms with E-state index in [9.17, 15) is 0 Å². The molecule has 1 aliphatic heterocycles. The highest BCUT2D eigenvalue weighted by molar-refractivity contribution is 5.51. The lowest BCUT2D eigenvalue weighted by Crippen LogP contribution is -2.24. The third kappa shape index (κ3) is 1.71. The van der Waals surface area contributed by atoms with Crippen LogP contribution in [0.2, 0.25) is 0 Å². The van der Waals surface area contributed by atoms with Gasteiger partial charge in [0.25, 0.3) is 0 Å². The first-order valence-electron chi connectivity index (χ1n) is 6.02. The Labute approximate surface area is 97.4 Å². The van der Waals surface area contributed by atoms with Crippen LogP contribution in [0.25, 0.3) is 0 Å². The number of rotatable bonds is 2. The molecule has 0 bridgehead atoms. The number of hydrogen-bond donors (Lipinski definition) is 1. The average Bonchev–Trinajstić information content (AvgIpc) is 2.67. The first-order valence-corrected chi connectivity index (χ1v) is 6.02. The topological polar surface area (TPSA) is 47.1 Å². The number of anilines is 1. The molecule has 16 heavy (non-hydrogen) atoms. The Morgan fingerprint density at radius 2 is 1.88 bits per heavy atom. The third-order valence-corrected chi connectivity index (χ3v) is 3.80. The number of aryl methyl sites for hydroxylation is 2. The molecule has 2 unspecified atom stereocenters. The fraction of sp³-hybridized carbons (Fsp3) is 0.750. The number of hydrogen-bond acceptors (Lipinski definition) is 3. The van der Waals surface area contributed by atoms with Crippen molar-refractivity contribution in [2.45, 2.75) is 27.3 Å². The summed E-state index contributed by atoms with van der Waals surface area (Å²) in [4.78, 5) is 2.43. The summed E-state index contributed by atoms with van der Waals surface area (Å²) in [6, 6.07) is 0. The van der Waals surface area contributed by atoms with Crippen LogP contribution in [0.15, 0.2) is 0 Å². The van der Waals surface area contributed by atoms with Gasteiger partial charge in [0, 0.05) is 32.2 Å². The Kier molecular flexibility index (Phi) is 2.93. The maximum Gasteiger partial charge on any atom is 0.131 e. The van der Waals surface area contributed by atoms with Crippen molar-refractivity contribution in [3.63, 3.8) is 0 Å². The van der Waals surface area contributed by atoms with Crippen LogP contribution in [-0.2, 0) is 13.6 Å². The fourth-order valence-electron chi connectivity index (χ4n) is 2.63. The van der Waals surface area contributed by atoms with E-state index in [1.165, 1.54) is 11.4 Å². The summed E-state index contributed by atoms with van der Waals surface area (Å²) in [7, 11) is 2.01. The van der Waals surface area contributed by atoms with Crippen LogP contribution in [0, 0.1) is 18.8 Å². The van der Waals surface area contributed by atoms with E-state index < -0.39 is 0 Å². The van der Waals surface area contributed by atoms with Crippen LogP contribution >= 0.6 is 0 Å². The number of nitrogens with zero attached hydrogens (tertiary/aromatic N) is 3. The molecular weight excluding hydrogens is 200 g/mol. The Balaban J connectivity index is 2.33. The first kappa shape index (κ1) is 11.5. The van der Waals surface area contributed by atoms with E-state index in [2.05, 4.69) is 23.8 Å². The molecule has 0 radical (unpaired) electrons. The van der Waals surface area contributed by atoms with Crippen LogP contribution in [0.5, 0.6) is 0 Å². The van der Waals surface area contributed by atoms with Crippen molar-refractivity contribution < 1.29 is 0 Å². The zero-order chi connectivity index (χ0) is 11.9. The van der Waals surface area contributed by atoms with Crippen molar-refractivity contribution in [1.29, 1.82) is 0 Å². The van der Waals surface area contributed by atoms with Gasteiger partial charge < -0.3 is 10.6 Å². The van der Waals surface area contributed by atoms with E-state index in [4.69, 9.17) is 5.73 Å². The molecule has 1 saturated heterocycles. The SMILES string of the molecule is Cc1nn(C)c(N2CC(C)C(C)C2)c1CN. The quantitative estimate of drug-likeness (QED) is 0.820. The molecule has 1 aromatic heterocycles. The molecule has 0 amide bonds. The normalized spacial score (nSPS) is 25.4. The highest BCUT2D eigenvalue weighted by Gasteiger charge is 2.29. The van der Waals surface area contributed by atoms with Gasteiger partial charge >= 0.3 is 0 Å². The van der Waals surface area contributed by atoms with Gasteiger partial charge in [-0.2, -0.15) is 5.10 Å². The Hall–Kier alpha value is -1.03. The molecule has 0 aliphatic carbocycles. The van der Waals surface area contributed by atoms with Crippen LogP contribution in [0.3, 0.4) is 0 Å². The lowest BCUT2D eigenvalue weighted by Gasteiger charge is -2.20. The van der Waals surface area contributed by atoms with E-state index in [1.54, 1.807) is 0 Å². The van der Waals surface area contributed by atoms with Gasteiger partial charge in [-0.25, -0.2) is 0 Å². The molecule has 1 aliphatic rings. The summed E-state index contributed by atoms with van der Waals surface area (Å²) in [5, 5.41) is 4.47. The maximum absolute atomic E-state index is 5.82. The largest absolute Gasteiger partial charge is 0.356 e. The van der Waals surface area contributed by atoms with Crippen LogP contribution in [0.1, 0.15) is 25.1 Å². The van der Waals surface area contributed by atoms with E-state index in [1.807, 2.05) is 18.7 Å². The van der Waals surface area contributed by atoms with E-state index in [-0.39, 0.29) is 0 Å². The smallest absolute Gasteiger partial charge is 0.131 e. The van der Waals surface area contributed by atoms with Gasteiger partial charge in [-0.3, -0.25) is 4.68 Å². The van der Waals surface area contributed by atoms with Crippen molar-refractivity contribution in [2.75, 3.05) is 18.0 Å². The summed E-state index contributed by atoms with van der Waals surface area (Å²) in [6.07, 6.45) is 0. The summed E-state index contributed by atoms with van der Waals surface area (Å²) >= 11 is 0. The Morgan fingerprint density at radius 3 is 2.38 bits per heavy atom. The molecule has 2 atom stereocenters. The molecule has 1 fully saturated rings. The fourth-order valence-corrected chi connectivity index (χ4v) is 2.63. The highest BCUT2D eigenvalue weighted by Crippen LogP contribution is 2.30. The minimum atomic E-state index is 0.578. The summed E-state index contributed by atoms with van der Waals surface area (Å²) in [5.74, 6) is 2.72. The monoisotopic (exact) mass is 222 g/mol. The summed E-state index contributed by atoms with van der Waals surface area (Å²) in [6.45, 7) is 9.48. The summed E-state index contributed by atoms with van der Waals surface area (Å²) < 4.78 is 1.97. The van der Waals surface area contributed by atoms with Crippen LogP contribution in [0.4, 0.5) is 5.82 Å². The van der Waals surface area contributed by atoms with E-state index in [0.29, 0.717) is 6.54 Å². The van der Waals surface area contributed by atoms with Crippen molar-refractivity contribution in [2.24, 2.45) is 24.6 Å². The van der Waals surface area contributed by atoms with Crippen LogP contribution < -0.4 is 10.6 Å². The number of nitrogens with two attached hydrogens (primary N) is 1. The second-order valence-electron chi connectivity index (χ2n) is 5.07. The molecule has 4 nitrogen and oxygen atoms in total. The standard InChI is InChI=1S/C12H22N4/c1-8-6-16(7-9(8)2)12-11(5-13)10(3)14-15(12)4/h8-9H,5-7,13H2,1-4H3. The second kappa shape index (κ2) is 4.09. The molecular formula is C12H22N4. The molecule has 0 spiro atoms. The Morgan fingerprint density at radius 1 is 1.31 bits per heavy atom. The lowest BCUT2D eigenvalue weighted by atomic mass is 10.0. The average molecular weight is 222 g/mol. The predicted molar refractivity (Wildman–Crippen MR) is 66.4 cm³/mol. The van der Waals surface area contributed by atoms with Gasteiger partial charge in [-0.05, 0) is 18.8 Å². The molecule has 2 rings (SSSR count). The van der Waals surface area contributed by atoms with E-state index in [0.717, 1.165) is 30.6 Å². The molecule has 4 heteroatoms. The highest BCUT2D eigenvalue weighted by atomic mass is 15.4. The van der Waals surface area contributed by atoms with E-state index >= 15 is 0 Å². The lowest BCUT2D eigenvalue weighted by molar-refractivity contribution is 0.494. The third-order valence-electron chi connectivity index (χ3n) is 3.80. The van der Waals surface area contributed by atoms with Gasteiger partial charge in [-0.1, -0.05) is 13.8 Å². The van der Waals surface area contributed by atoms with Crippen molar-refractivity contribution in [3.05, 3.63) is 11.3 Å². The minimum Gasteiger partial charge on any atom is -0.356 e. The van der Waals surface area contributed by atoms with Crippen molar-refractivity contribution in [3.8, 4) is 0 Å². The number of aromatic nitrogens is 2. The molecule has 0 saturated carbocycles. The van der Waals surface area contributed by atoms with Gasteiger partial charge in [0.2, 0.25) is 0 Å². The predicted octanol–water partition coefficient (Wildman–Crippen LogP) is 1.28. The zero-order valence-electron chi connectivity index (χ0n) is 10.7.